The third-order valence-corrected chi connectivity index (χ3v) is 3.41. The lowest BCUT2D eigenvalue weighted by molar-refractivity contribution is -0.122. The molecule has 102 valence electrons. The van der Waals surface area contributed by atoms with Crippen LogP contribution in [-0.4, -0.2) is 23.7 Å². The number of carbonyl (C=O) groups excluding carboxylic acids is 1. The summed E-state index contributed by atoms with van der Waals surface area (Å²) in [7, 11) is 0. The molecule has 0 saturated carbocycles. The summed E-state index contributed by atoms with van der Waals surface area (Å²) in [6, 6.07) is -1.27. The quantitative estimate of drug-likeness (QED) is 0.891. The van der Waals surface area contributed by atoms with Gasteiger partial charge in [0.05, 0.1) is 6.04 Å². The minimum absolute atomic E-state index is 0.413. The van der Waals surface area contributed by atoms with Crippen LogP contribution in [0, 0.1) is 0 Å². The van der Waals surface area contributed by atoms with Gasteiger partial charge in [0.2, 0.25) is 0 Å². The Bertz CT molecular complexity index is 405. The second-order valence-corrected chi connectivity index (χ2v) is 4.83. The molecule has 4 nitrogen and oxygen atoms in total. The summed E-state index contributed by atoms with van der Waals surface area (Å²) in [5, 5.41) is 4.82. The number of carbonyl (C=O) groups is 1. The van der Waals surface area contributed by atoms with E-state index >= 15 is 0 Å². The molecule has 0 saturated heterocycles. The van der Waals surface area contributed by atoms with E-state index in [0.29, 0.717) is 5.01 Å². The van der Waals surface area contributed by atoms with E-state index in [9.17, 15) is 18.0 Å². The molecular formula is C10H14F3N3OS. The molecule has 18 heavy (non-hydrogen) atoms. The number of alkyl halides is 3. The van der Waals surface area contributed by atoms with Crippen LogP contribution >= 0.6 is 11.3 Å². The Balaban J connectivity index is 2.44. The van der Waals surface area contributed by atoms with Crippen molar-refractivity contribution in [3.05, 3.63) is 16.1 Å². The SMILES string of the molecule is CCc1cnc(C(C)NC(=O)NCC(F)(F)F)s1. The molecule has 0 radical (unpaired) electrons. The highest BCUT2D eigenvalue weighted by Gasteiger charge is 2.28. The first kappa shape index (κ1) is 14.7. The molecule has 1 aromatic rings. The molecule has 1 unspecified atom stereocenters. The Morgan fingerprint density at radius 1 is 1.56 bits per heavy atom. The van der Waals surface area contributed by atoms with Crippen molar-refractivity contribution < 1.29 is 18.0 Å². The number of rotatable bonds is 4. The van der Waals surface area contributed by atoms with Crippen molar-refractivity contribution in [3.8, 4) is 0 Å². The fourth-order valence-electron chi connectivity index (χ4n) is 1.18. The number of aryl methyl sites for hydroxylation is 1. The average molecular weight is 281 g/mol. The van der Waals surface area contributed by atoms with Crippen LogP contribution in [0.3, 0.4) is 0 Å². The third-order valence-electron chi connectivity index (χ3n) is 2.09. The van der Waals surface area contributed by atoms with Crippen LogP contribution in [0.5, 0.6) is 0 Å². The predicted molar refractivity (Wildman–Crippen MR) is 62.5 cm³/mol. The van der Waals surface area contributed by atoms with Gasteiger partial charge in [0, 0.05) is 11.1 Å². The van der Waals surface area contributed by atoms with Crippen molar-refractivity contribution >= 4 is 17.4 Å². The Morgan fingerprint density at radius 3 is 2.72 bits per heavy atom. The second kappa shape index (κ2) is 6.03. The maximum absolute atomic E-state index is 11.9. The summed E-state index contributed by atoms with van der Waals surface area (Å²) < 4.78 is 35.6. The smallest absolute Gasteiger partial charge is 0.329 e. The molecule has 0 aromatic carbocycles. The maximum Gasteiger partial charge on any atom is 0.405 e. The number of hydrogen-bond donors (Lipinski definition) is 2. The summed E-state index contributed by atoms with van der Waals surface area (Å²) in [5.74, 6) is 0. The van der Waals surface area contributed by atoms with Crippen molar-refractivity contribution in [2.45, 2.75) is 32.5 Å². The number of halogens is 3. The predicted octanol–water partition coefficient (Wildman–Crippen LogP) is 2.63. The number of urea groups is 1. The lowest BCUT2D eigenvalue weighted by atomic mass is 10.3. The van der Waals surface area contributed by atoms with Gasteiger partial charge in [-0.1, -0.05) is 6.92 Å². The highest BCUT2D eigenvalue weighted by atomic mass is 32.1. The van der Waals surface area contributed by atoms with Crippen LogP contribution in [0.2, 0.25) is 0 Å². The van der Waals surface area contributed by atoms with E-state index in [0.717, 1.165) is 11.3 Å². The van der Waals surface area contributed by atoms with Gasteiger partial charge in [-0.15, -0.1) is 11.3 Å². The molecule has 2 N–H and O–H groups in total. The molecule has 0 aliphatic carbocycles. The summed E-state index contributed by atoms with van der Waals surface area (Å²) in [5.41, 5.74) is 0. The molecule has 1 heterocycles. The number of aromatic nitrogens is 1. The number of nitrogens with zero attached hydrogens (tertiary/aromatic N) is 1. The number of amides is 2. The summed E-state index contributed by atoms with van der Waals surface area (Å²) in [4.78, 5) is 16.4. The van der Waals surface area contributed by atoms with Gasteiger partial charge < -0.3 is 10.6 Å². The maximum atomic E-state index is 11.9. The molecule has 1 rings (SSSR count). The van der Waals surface area contributed by atoms with Crippen molar-refractivity contribution in [2.75, 3.05) is 6.54 Å². The van der Waals surface area contributed by atoms with Gasteiger partial charge in [-0.3, -0.25) is 0 Å². The molecule has 0 spiro atoms. The minimum atomic E-state index is -4.41. The minimum Gasteiger partial charge on any atom is -0.329 e. The molecular weight excluding hydrogens is 267 g/mol. The van der Waals surface area contributed by atoms with E-state index < -0.39 is 24.8 Å². The summed E-state index contributed by atoms with van der Waals surface area (Å²) >= 11 is 1.43. The first-order chi connectivity index (χ1) is 8.31. The van der Waals surface area contributed by atoms with E-state index in [-0.39, 0.29) is 0 Å². The van der Waals surface area contributed by atoms with Crippen molar-refractivity contribution in [3.63, 3.8) is 0 Å². The molecule has 8 heteroatoms. The summed E-state index contributed by atoms with van der Waals surface area (Å²) in [6.45, 7) is 2.31. The van der Waals surface area contributed by atoms with E-state index in [2.05, 4.69) is 10.3 Å². The van der Waals surface area contributed by atoms with Crippen LogP contribution in [0.25, 0.3) is 0 Å². The van der Waals surface area contributed by atoms with Gasteiger partial charge in [0.1, 0.15) is 11.6 Å². The Labute approximate surface area is 107 Å². The lowest BCUT2D eigenvalue weighted by Crippen LogP contribution is -2.41. The van der Waals surface area contributed by atoms with E-state index in [1.54, 1.807) is 18.4 Å². The van der Waals surface area contributed by atoms with Crippen molar-refractivity contribution in [2.24, 2.45) is 0 Å². The Kier molecular flexibility index (Phi) is 4.94. The Hall–Kier alpha value is -1.31. The molecule has 1 aromatic heterocycles. The zero-order chi connectivity index (χ0) is 13.8. The van der Waals surface area contributed by atoms with E-state index in [4.69, 9.17) is 0 Å². The fourth-order valence-corrected chi connectivity index (χ4v) is 2.04. The lowest BCUT2D eigenvalue weighted by Gasteiger charge is -2.13. The van der Waals surface area contributed by atoms with Gasteiger partial charge >= 0.3 is 12.2 Å². The van der Waals surface area contributed by atoms with Crippen LogP contribution in [0.4, 0.5) is 18.0 Å². The zero-order valence-electron chi connectivity index (χ0n) is 9.97. The van der Waals surface area contributed by atoms with Crippen molar-refractivity contribution in [1.82, 2.24) is 15.6 Å². The Morgan fingerprint density at radius 2 is 2.22 bits per heavy atom. The van der Waals surface area contributed by atoms with E-state index in [1.807, 2.05) is 6.92 Å². The third kappa shape index (κ3) is 4.91. The topological polar surface area (TPSA) is 54.0 Å². The van der Waals surface area contributed by atoms with Gasteiger partial charge in [-0.2, -0.15) is 13.2 Å². The monoisotopic (exact) mass is 281 g/mol. The molecule has 0 fully saturated rings. The fraction of sp³-hybridized carbons (Fsp3) is 0.600. The first-order valence-corrected chi connectivity index (χ1v) is 6.19. The van der Waals surface area contributed by atoms with Gasteiger partial charge in [0.25, 0.3) is 0 Å². The van der Waals surface area contributed by atoms with Crippen LogP contribution in [-0.2, 0) is 6.42 Å². The van der Waals surface area contributed by atoms with Crippen LogP contribution in [0.1, 0.15) is 29.8 Å². The summed E-state index contributed by atoms with van der Waals surface area (Å²) in [6.07, 6.45) is -1.87. The second-order valence-electron chi connectivity index (χ2n) is 3.68. The number of nitrogens with one attached hydrogen (secondary N) is 2. The molecule has 0 aliphatic heterocycles. The standard InChI is InChI=1S/C10H14F3N3OS/c1-3-7-4-14-8(18-7)6(2)16-9(17)15-5-10(11,12)13/h4,6H,3,5H2,1-2H3,(H2,15,16,17). The largest absolute Gasteiger partial charge is 0.405 e. The average Bonchev–Trinajstić information content (AvgIpc) is 2.74. The normalized spacial score (nSPS) is 13.2. The van der Waals surface area contributed by atoms with Crippen molar-refractivity contribution in [1.29, 1.82) is 0 Å². The highest BCUT2D eigenvalue weighted by Crippen LogP contribution is 2.20. The van der Waals surface area contributed by atoms with Gasteiger partial charge in [-0.25, -0.2) is 9.78 Å². The van der Waals surface area contributed by atoms with Gasteiger partial charge in [0.15, 0.2) is 0 Å². The van der Waals surface area contributed by atoms with Gasteiger partial charge in [-0.05, 0) is 13.3 Å². The molecule has 0 aliphatic rings. The zero-order valence-corrected chi connectivity index (χ0v) is 10.8. The number of thiazole rings is 1. The van der Waals surface area contributed by atoms with E-state index in [1.165, 1.54) is 11.3 Å². The molecule has 0 bridgehead atoms. The number of hydrogen-bond acceptors (Lipinski definition) is 3. The van der Waals surface area contributed by atoms with Crippen LogP contribution < -0.4 is 10.6 Å². The highest BCUT2D eigenvalue weighted by molar-refractivity contribution is 7.11. The van der Waals surface area contributed by atoms with Crippen LogP contribution in [0.15, 0.2) is 6.20 Å². The first-order valence-electron chi connectivity index (χ1n) is 5.37. The molecule has 2 amide bonds. The molecule has 1 atom stereocenters.